The second-order valence-electron chi connectivity index (χ2n) is 12.1. The predicted octanol–water partition coefficient (Wildman–Crippen LogP) is 3.08. The minimum atomic E-state index is -0.904. The van der Waals surface area contributed by atoms with Gasteiger partial charge in [0.15, 0.2) is 11.6 Å². The SMILES string of the molecule is C[C@H](Oc1cc(N2C[C@H](C)N[C@@H](C)C2)nc(C(N)=C2CCC[C@@]3(CCCCC3=O)C2=O)n1)[C@@H]1CCCN1C. The lowest BCUT2D eigenvalue weighted by Gasteiger charge is -2.38. The maximum absolute atomic E-state index is 13.8. The van der Waals surface area contributed by atoms with Crippen molar-refractivity contribution in [3.05, 3.63) is 17.5 Å². The van der Waals surface area contributed by atoms with Crippen molar-refractivity contribution < 1.29 is 14.3 Å². The summed E-state index contributed by atoms with van der Waals surface area (Å²) in [5, 5.41) is 3.57. The van der Waals surface area contributed by atoms with Crippen LogP contribution in [0.1, 0.15) is 84.4 Å². The summed E-state index contributed by atoms with van der Waals surface area (Å²) < 4.78 is 6.43. The van der Waals surface area contributed by atoms with Crippen LogP contribution in [0.4, 0.5) is 5.82 Å². The van der Waals surface area contributed by atoms with Crippen LogP contribution in [0.15, 0.2) is 11.6 Å². The summed E-state index contributed by atoms with van der Waals surface area (Å²) in [6.07, 6.45) is 7.02. The number of likely N-dealkylation sites (N-methyl/N-ethyl adjacent to an activating group) is 1. The second kappa shape index (κ2) is 10.9. The number of anilines is 1. The first-order valence-electron chi connectivity index (χ1n) is 14.5. The zero-order valence-corrected chi connectivity index (χ0v) is 23.5. The number of Topliss-reactive ketones (excluding diaryl/α,β-unsaturated/α-hetero) is 2. The van der Waals surface area contributed by atoms with E-state index in [0.717, 1.165) is 57.6 Å². The Hall–Kier alpha value is -2.52. The second-order valence-corrected chi connectivity index (χ2v) is 12.1. The number of nitrogens with one attached hydrogen (secondary N) is 1. The third-order valence-corrected chi connectivity index (χ3v) is 9.09. The van der Waals surface area contributed by atoms with Gasteiger partial charge in [-0.15, -0.1) is 0 Å². The number of hydrogen-bond acceptors (Lipinski definition) is 9. The molecule has 2 aliphatic carbocycles. The number of nitrogens with zero attached hydrogens (tertiary/aromatic N) is 4. The van der Waals surface area contributed by atoms with E-state index in [1.807, 2.05) is 6.07 Å². The topological polar surface area (TPSA) is 114 Å². The molecule has 0 unspecified atom stereocenters. The molecule has 0 aromatic carbocycles. The highest BCUT2D eigenvalue weighted by atomic mass is 16.5. The van der Waals surface area contributed by atoms with Crippen molar-refractivity contribution >= 4 is 23.1 Å². The van der Waals surface area contributed by atoms with Crippen molar-refractivity contribution in [1.82, 2.24) is 20.2 Å². The fourth-order valence-corrected chi connectivity index (χ4v) is 7.14. The van der Waals surface area contributed by atoms with Crippen LogP contribution in [0, 0.1) is 5.41 Å². The van der Waals surface area contributed by atoms with Crippen molar-refractivity contribution in [2.45, 2.75) is 103 Å². The van der Waals surface area contributed by atoms with E-state index in [1.54, 1.807) is 0 Å². The molecule has 208 valence electrons. The van der Waals surface area contributed by atoms with Gasteiger partial charge in [-0.1, -0.05) is 6.42 Å². The molecular weight excluding hydrogens is 480 g/mol. The van der Waals surface area contributed by atoms with Gasteiger partial charge in [0.25, 0.3) is 0 Å². The summed E-state index contributed by atoms with van der Waals surface area (Å²) in [7, 11) is 2.14. The van der Waals surface area contributed by atoms with Gasteiger partial charge in [0.05, 0.1) is 11.1 Å². The molecule has 4 fully saturated rings. The maximum Gasteiger partial charge on any atom is 0.219 e. The number of carbonyl (C=O) groups excluding carboxylic acids is 2. The molecular formula is C29H44N6O3. The van der Waals surface area contributed by atoms with Crippen LogP contribution in [-0.2, 0) is 9.59 Å². The normalized spacial score (nSPS) is 33.1. The fraction of sp³-hybridized carbons (Fsp3) is 0.724. The molecule has 0 bridgehead atoms. The van der Waals surface area contributed by atoms with Gasteiger partial charge in [-0.05, 0) is 79.3 Å². The lowest BCUT2D eigenvalue weighted by atomic mass is 9.62. The summed E-state index contributed by atoms with van der Waals surface area (Å²) in [4.78, 5) is 41.0. The molecule has 1 aromatic rings. The zero-order chi connectivity index (χ0) is 27.0. The van der Waals surface area contributed by atoms with Gasteiger partial charge < -0.3 is 20.7 Å². The van der Waals surface area contributed by atoms with Gasteiger partial charge in [-0.25, -0.2) is 4.98 Å². The highest BCUT2D eigenvalue weighted by molar-refractivity contribution is 6.17. The standard InChI is InChI=1S/C29H44N6O3/c1-18-16-35(17-19(2)31-18)24-15-25(38-20(3)22-10-8-14-34(22)4)33-28(32-24)26(30)21-9-7-13-29(27(21)37)12-6-5-11-23(29)36/h15,18-20,22,31H,5-14,16-17,30H2,1-4H3/t18-,19-,20-,22-,29+/m0/s1. The predicted molar refractivity (Wildman–Crippen MR) is 148 cm³/mol. The number of carbonyl (C=O) groups is 2. The Morgan fingerprint density at radius 2 is 1.84 bits per heavy atom. The number of ether oxygens (including phenoxy) is 1. The maximum atomic E-state index is 13.8. The average molecular weight is 525 g/mol. The van der Waals surface area contributed by atoms with Gasteiger partial charge in [0, 0.05) is 49.3 Å². The summed E-state index contributed by atoms with van der Waals surface area (Å²) >= 11 is 0. The van der Waals surface area contributed by atoms with Gasteiger partial charge in [-0.2, -0.15) is 4.98 Å². The van der Waals surface area contributed by atoms with E-state index in [2.05, 4.69) is 42.9 Å². The Labute approximate surface area is 226 Å². The quantitative estimate of drug-likeness (QED) is 0.443. The molecule has 2 saturated heterocycles. The van der Waals surface area contributed by atoms with Crippen LogP contribution >= 0.6 is 0 Å². The summed E-state index contributed by atoms with van der Waals surface area (Å²) in [6.45, 7) is 9.09. The minimum Gasteiger partial charge on any atom is -0.473 e. The van der Waals surface area contributed by atoms with Gasteiger partial charge in [0.1, 0.15) is 17.7 Å². The number of allylic oxidation sites excluding steroid dienone is 1. The van der Waals surface area contributed by atoms with Crippen LogP contribution in [0.2, 0.25) is 0 Å². The molecule has 9 heteroatoms. The van der Waals surface area contributed by atoms with Gasteiger partial charge >= 0.3 is 0 Å². The fourth-order valence-electron chi connectivity index (χ4n) is 7.14. The molecule has 5 rings (SSSR count). The molecule has 3 heterocycles. The number of piperazine rings is 1. The van der Waals surface area contributed by atoms with Crippen molar-refractivity contribution in [3.63, 3.8) is 0 Å². The molecule has 9 nitrogen and oxygen atoms in total. The van der Waals surface area contributed by atoms with Crippen LogP contribution < -0.4 is 20.7 Å². The van der Waals surface area contributed by atoms with Crippen LogP contribution in [-0.4, -0.2) is 77.3 Å². The van der Waals surface area contributed by atoms with Crippen molar-refractivity contribution in [2.24, 2.45) is 11.1 Å². The minimum absolute atomic E-state index is 0.0488. The first-order valence-corrected chi connectivity index (χ1v) is 14.5. The van der Waals surface area contributed by atoms with Gasteiger partial charge in [0.2, 0.25) is 5.88 Å². The first kappa shape index (κ1) is 27.1. The van der Waals surface area contributed by atoms with E-state index in [0.29, 0.717) is 66.8 Å². The molecule has 2 aliphatic heterocycles. The number of hydrogen-bond donors (Lipinski definition) is 2. The summed E-state index contributed by atoms with van der Waals surface area (Å²) in [6, 6.07) is 2.84. The van der Waals surface area contributed by atoms with Gasteiger partial charge in [-0.3, -0.25) is 14.5 Å². The van der Waals surface area contributed by atoms with E-state index in [9.17, 15) is 9.59 Å². The molecule has 1 aromatic heterocycles. The Morgan fingerprint density at radius 3 is 2.53 bits per heavy atom. The van der Waals surface area contributed by atoms with E-state index in [4.69, 9.17) is 20.4 Å². The largest absolute Gasteiger partial charge is 0.473 e. The third-order valence-electron chi connectivity index (χ3n) is 9.09. The van der Waals surface area contributed by atoms with Crippen LogP contribution in [0.3, 0.4) is 0 Å². The van der Waals surface area contributed by atoms with Crippen LogP contribution in [0.25, 0.3) is 5.70 Å². The Kier molecular flexibility index (Phi) is 7.78. The molecule has 0 radical (unpaired) electrons. The van der Waals surface area contributed by atoms with Crippen molar-refractivity contribution in [1.29, 1.82) is 0 Å². The average Bonchev–Trinajstić information content (AvgIpc) is 3.32. The zero-order valence-electron chi connectivity index (χ0n) is 23.5. The number of rotatable bonds is 5. The number of aromatic nitrogens is 2. The van der Waals surface area contributed by atoms with Crippen molar-refractivity contribution in [3.8, 4) is 5.88 Å². The molecule has 1 spiro atoms. The number of ketones is 2. The van der Waals surface area contributed by atoms with Crippen molar-refractivity contribution in [2.75, 3.05) is 31.6 Å². The Balaban J connectivity index is 1.51. The number of likely N-dealkylation sites (tertiary alicyclic amines) is 1. The lowest BCUT2D eigenvalue weighted by molar-refractivity contribution is -0.143. The highest BCUT2D eigenvalue weighted by Gasteiger charge is 2.49. The summed E-state index contributed by atoms with van der Waals surface area (Å²) in [5.41, 5.74) is 6.62. The molecule has 3 N–H and O–H groups in total. The number of nitrogens with two attached hydrogens (primary N) is 1. The van der Waals surface area contributed by atoms with E-state index in [-0.39, 0.29) is 17.7 Å². The van der Waals surface area contributed by atoms with E-state index < -0.39 is 5.41 Å². The molecule has 5 atom stereocenters. The molecule has 4 aliphatic rings. The Bertz CT molecular complexity index is 1090. The van der Waals surface area contributed by atoms with E-state index in [1.165, 1.54) is 0 Å². The molecule has 2 saturated carbocycles. The third kappa shape index (κ3) is 5.19. The Morgan fingerprint density at radius 1 is 1.11 bits per heavy atom. The van der Waals surface area contributed by atoms with Crippen LogP contribution in [0.5, 0.6) is 5.88 Å². The molecule has 38 heavy (non-hydrogen) atoms. The highest BCUT2D eigenvalue weighted by Crippen LogP contribution is 2.45. The smallest absolute Gasteiger partial charge is 0.219 e. The monoisotopic (exact) mass is 524 g/mol. The first-order chi connectivity index (χ1) is 18.2. The summed E-state index contributed by atoms with van der Waals surface area (Å²) in [5.74, 6) is 1.54. The van der Waals surface area contributed by atoms with E-state index >= 15 is 0 Å². The molecule has 0 amide bonds. The lowest BCUT2D eigenvalue weighted by Crippen LogP contribution is -2.54.